The van der Waals surface area contributed by atoms with Crippen LogP contribution < -0.4 is 11.1 Å². The van der Waals surface area contributed by atoms with Crippen molar-refractivity contribution in [1.29, 1.82) is 0 Å². The number of hydrogen-bond acceptors (Lipinski definition) is 4. The van der Waals surface area contributed by atoms with Crippen molar-refractivity contribution in [3.63, 3.8) is 0 Å². The maximum atomic E-state index is 12.1. The van der Waals surface area contributed by atoms with E-state index in [2.05, 4.69) is 10.4 Å². The minimum absolute atomic E-state index is 0.00272. The largest absolute Gasteiger partial charge is 0.364 e. The van der Waals surface area contributed by atoms with E-state index < -0.39 is 6.10 Å². The number of carbonyl (C=O) groups is 1. The Hall–Kier alpha value is -2.18. The van der Waals surface area contributed by atoms with Gasteiger partial charge in [-0.05, 0) is 43.2 Å². The van der Waals surface area contributed by atoms with Crippen molar-refractivity contribution in [3.05, 3.63) is 42.7 Å². The van der Waals surface area contributed by atoms with Gasteiger partial charge in [-0.3, -0.25) is 4.79 Å². The van der Waals surface area contributed by atoms with E-state index in [0.29, 0.717) is 6.54 Å². The molecule has 1 amide bonds. The summed E-state index contributed by atoms with van der Waals surface area (Å²) in [6, 6.07) is 9.37. The number of nitrogens with one attached hydrogen (secondary N) is 1. The minimum Gasteiger partial charge on any atom is -0.364 e. The maximum Gasteiger partial charge on any atom is 0.253 e. The van der Waals surface area contributed by atoms with Crippen LogP contribution in [0.4, 0.5) is 5.69 Å². The molecule has 6 heteroatoms. The molecule has 1 aliphatic heterocycles. The minimum atomic E-state index is -0.399. The summed E-state index contributed by atoms with van der Waals surface area (Å²) in [4.78, 5) is 12.1. The van der Waals surface area contributed by atoms with Crippen molar-refractivity contribution < 1.29 is 9.53 Å². The molecule has 1 aromatic heterocycles. The third kappa shape index (κ3) is 3.12. The van der Waals surface area contributed by atoms with Crippen LogP contribution in [0, 0.1) is 0 Å². The molecule has 2 aromatic rings. The molecule has 1 saturated heterocycles. The van der Waals surface area contributed by atoms with Gasteiger partial charge in [-0.15, -0.1) is 0 Å². The predicted molar refractivity (Wildman–Crippen MR) is 79.1 cm³/mol. The van der Waals surface area contributed by atoms with E-state index in [-0.39, 0.29) is 12.0 Å². The van der Waals surface area contributed by atoms with Crippen LogP contribution in [0.2, 0.25) is 0 Å². The van der Waals surface area contributed by atoms with Crippen molar-refractivity contribution >= 4 is 11.6 Å². The Morgan fingerprint density at radius 3 is 2.81 bits per heavy atom. The Morgan fingerprint density at radius 1 is 1.38 bits per heavy atom. The Morgan fingerprint density at radius 2 is 2.19 bits per heavy atom. The van der Waals surface area contributed by atoms with Gasteiger partial charge in [0, 0.05) is 24.6 Å². The molecule has 2 atom stereocenters. The first-order valence-electron chi connectivity index (χ1n) is 7.03. The van der Waals surface area contributed by atoms with Crippen LogP contribution in [0.25, 0.3) is 5.69 Å². The summed E-state index contributed by atoms with van der Waals surface area (Å²) in [6.45, 7) is 0.461. The lowest BCUT2D eigenvalue weighted by atomic mass is 10.2. The first kappa shape index (κ1) is 13.8. The summed E-state index contributed by atoms with van der Waals surface area (Å²) in [7, 11) is 0. The van der Waals surface area contributed by atoms with Gasteiger partial charge < -0.3 is 15.8 Å². The average Bonchev–Trinajstić information content (AvgIpc) is 3.19. The highest BCUT2D eigenvalue weighted by Crippen LogP contribution is 2.21. The number of carbonyl (C=O) groups excluding carboxylic acids is 1. The van der Waals surface area contributed by atoms with Crippen LogP contribution in [-0.2, 0) is 9.53 Å². The van der Waals surface area contributed by atoms with Crippen molar-refractivity contribution in [2.24, 2.45) is 5.73 Å². The third-order valence-corrected chi connectivity index (χ3v) is 3.57. The summed E-state index contributed by atoms with van der Waals surface area (Å²) < 4.78 is 7.34. The molecule has 6 nitrogen and oxygen atoms in total. The average molecular weight is 286 g/mol. The molecule has 2 heterocycles. The van der Waals surface area contributed by atoms with Crippen LogP contribution in [0.1, 0.15) is 12.8 Å². The zero-order valence-corrected chi connectivity index (χ0v) is 11.6. The quantitative estimate of drug-likeness (QED) is 0.888. The Labute approximate surface area is 122 Å². The van der Waals surface area contributed by atoms with Gasteiger partial charge in [-0.2, -0.15) is 5.10 Å². The van der Waals surface area contributed by atoms with Crippen molar-refractivity contribution in [2.75, 3.05) is 11.9 Å². The van der Waals surface area contributed by atoms with E-state index in [9.17, 15) is 4.79 Å². The molecule has 1 aromatic carbocycles. The predicted octanol–water partition coefficient (Wildman–Crippen LogP) is 1.32. The number of ether oxygens (including phenoxy) is 1. The lowest BCUT2D eigenvalue weighted by molar-refractivity contribution is -0.126. The second-order valence-corrected chi connectivity index (χ2v) is 5.05. The van der Waals surface area contributed by atoms with Crippen LogP contribution in [-0.4, -0.2) is 34.4 Å². The summed E-state index contributed by atoms with van der Waals surface area (Å²) >= 11 is 0. The molecule has 0 radical (unpaired) electrons. The zero-order valence-electron chi connectivity index (χ0n) is 11.6. The van der Waals surface area contributed by atoms with Gasteiger partial charge >= 0.3 is 0 Å². The van der Waals surface area contributed by atoms with E-state index in [4.69, 9.17) is 10.5 Å². The molecule has 3 N–H and O–H groups in total. The molecular formula is C15H18N4O2. The lowest BCUT2D eigenvalue weighted by Crippen LogP contribution is -2.29. The van der Waals surface area contributed by atoms with Gasteiger partial charge in [-0.1, -0.05) is 0 Å². The van der Waals surface area contributed by atoms with E-state index in [0.717, 1.165) is 24.2 Å². The number of rotatable bonds is 4. The number of nitrogens with two attached hydrogens (primary N) is 1. The summed E-state index contributed by atoms with van der Waals surface area (Å²) in [5.74, 6) is -0.113. The van der Waals surface area contributed by atoms with E-state index in [1.54, 1.807) is 10.9 Å². The number of amides is 1. The van der Waals surface area contributed by atoms with Gasteiger partial charge in [0.2, 0.25) is 0 Å². The SMILES string of the molecule is NC[C@H]1CC[C@@H](C(=O)Nc2ccc(-n3cccn3)cc2)O1. The Balaban J connectivity index is 1.62. The van der Waals surface area contributed by atoms with Crippen molar-refractivity contribution in [3.8, 4) is 5.69 Å². The maximum absolute atomic E-state index is 12.1. The van der Waals surface area contributed by atoms with Crippen LogP contribution in [0.15, 0.2) is 42.7 Å². The van der Waals surface area contributed by atoms with E-state index in [1.807, 2.05) is 36.5 Å². The van der Waals surface area contributed by atoms with Gasteiger partial charge in [0.1, 0.15) is 6.10 Å². The second-order valence-electron chi connectivity index (χ2n) is 5.05. The molecule has 21 heavy (non-hydrogen) atoms. The number of aromatic nitrogens is 2. The Kier molecular flexibility index (Phi) is 3.98. The fraction of sp³-hybridized carbons (Fsp3) is 0.333. The molecule has 0 aliphatic carbocycles. The van der Waals surface area contributed by atoms with Gasteiger partial charge in [0.25, 0.3) is 5.91 Å². The lowest BCUT2D eigenvalue weighted by Gasteiger charge is -2.13. The van der Waals surface area contributed by atoms with E-state index >= 15 is 0 Å². The monoisotopic (exact) mass is 286 g/mol. The second kappa shape index (κ2) is 6.07. The summed E-state index contributed by atoms with van der Waals surface area (Å²) in [5.41, 5.74) is 7.24. The molecule has 0 unspecified atom stereocenters. The fourth-order valence-corrected chi connectivity index (χ4v) is 2.41. The van der Waals surface area contributed by atoms with Crippen LogP contribution >= 0.6 is 0 Å². The van der Waals surface area contributed by atoms with Crippen molar-refractivity contribution in [1.82, 2.24) is 9.78 Å². The highest BCUT2D eigenvalue weighted by Gasteiger charge is 2.29. The van der Waals surface area contributed by atoms with Gasteiger partial charge in [-0.25, -0.2) is 4.68 Å². The smallest absolute Gasteiger partial charge is 0.253 e. The molecule has 0 bridgehead atoms. The van der Waals surface area contributed by atoms with Crippen molar-refractivity contribution in [2.45, 2.75) is 25.0 Å². The fourth-order valence-electron chi connectivity index (χ4n) is 2.41. The van der Waals surface area contributed by atoms with Crippen LogP contribution in [0.5, 0.6) is 0 Å². The molecular weight excluding hydrogens is 268 g/mol. The molecule has 1 fully saturated rings. The number of hydrogen-bond donors (Lipinski definition) is 2. The zero-order chi connectivity index (χ0) is 14.7. The van der Waals surface area contributed by atoms with Gasteiger partial charge in [0.05, 0.1) is 11.8 Å². The molecule has 0 saturated carbocycles. The first-order valence-corrected chi connectivity index (χ1v) is 7.03. The number of anilines is 1. The summed E-state index contributed by atoms with van der Waals surface area (Å²) in [6.07, 6.45) is 4.76. The summed E-state index contributed by atoms with van der Waals surface area (Å²) in [5, 5.41) is 7.02. The molecule has 3 rings (SSSR count). The van der Waals surface area contributed by atoms with Gasteiger partial charge in [0.15, 0.2) is 0 Å². The number of benzene rings is 1. The Bertz CT molecular complexity index is 595. The molecule has 1 aliphatic rings. The standard InChI is InChI=1S/C15H18N4O2/c16-10-13-6-7-14(21-13)15(20)18-11-2-4-12(5-3-11)19-9-1-8-17-19/h1-5,8-9,13-14H,6-7,10,16H2,(H,18,20)/t13-,14+/m1/s1. The molecule has 110 valence electrons. The molecule has 0 spiro atoms. The topological polar surface area (TPSA) is 82.2 Å². The highest BCUT2D eigenvalue weighted by molar-refractivity contribution is 5.94. The third-order valence-electron chi connectivity index (χ3n) is 3.57. The first-order chi connectivity index (χ1) is 10.3. The number of nitrogens with zero attached hydrogens (tertiary/aromatic N) is 2. The van der Waals surface area contributed by atoms with E-state index in [1.165, 1.54) is 0 Å². The normalized spacial score (nSPS) is 21.4. The van der Waals surface area contributed by atoms with Crippen LogP contribution in [0.3, 0.4) is 0 Å². The highest BCUT2D eigenvalue weighted by atomic mass is 16.5.